The van der Waals surface area contributed by atoms with Gasteiger partial charge in [-0.3, -0.25) is 0 Å². The predicted molar refractivity (Wildman–Crippen MR) is 72.8 cm³/mol. The van der Waals surface area contributed by atoms with Gasteiger partial charge in [0, 0.05) is 18.2 Å². The third kappa shape index (κ3) is 3.19. The van der Waals surface area contributed by atoms with Crippen molar-refractivity contribution in [1.82, 2.24) is 5.32 Å². The molecule has 20 heavy (non-hydrogen) atoms. The first-order valence-corrected chi connectivity index (χ1v) is 6.28. The SMILES string of the molecule is C[C@@H](NCc1cccc(C#N)c1F)c1cccc(F)c1. The van der Waals surface area contributed by atoms with Crippen LogP contribution in [-0.2, 0) is 6.54 Å². The molecule has 2 aromatic carbocycles. The van der Waals surface area contributed by atoms with E-state index in [9.17, 15) is 8.78 Å². The highest BCUT2D eigenvalue weighted by atomic mass is 19.1. The lowest BCUT2D eigenvalue weighted by Gasteiger charge is -2.15. The van der Waals surface area contributed by atoms with Gasteiger partial charge in [0.05, 0.1) is 5.56 Å². The fourth-order valence-corrected chi connectivity index (χ4v) is 1.96. The number of hydrogen-bond acceptors (Lipinski definition) is 2. The molecule has 0 saturated heterocycles. The molecular weight excluding hydrogens is 258 g/mol. The summed E-state index contributed by atoms with van der Waals surface area (Å²) in [6.45, 7) is 2.15. The first kappa shape index (κ1) is 14.2. The third-order valence-electron chi connectivity index (χ3n) is 3.15. The van der Waals surface area contributed by atoms with Crippen molar-refractivity contribution in [3.05, 3.63) is 70.8 Å². The number of benzene rings is 2. The van der Waals surface area contributed by atoms with E-state index in [1.807, 2.05) is 19.1 Å². The van der Waals surface area contributed by atoms with Crippen LogP contribution in [0.2, 0.25) is 0 Å². The van der Waals surface area contributed by atoms with Crippen molar-refractivity contribution in [2.24, 2.45) is 0 Å². The molecule has 0 amide bonds. The second kappa shape index (κ2) is 6.27. The Kier molecular flexibility index (Phi) is 4.44. The average Bonchev–Trinajstić information content (AvgIpc) is 2.46. The van der Waals surface area contributed by atoms with Gasteiger partial charge in [-0.2, -0.15) is 5.26 Å². The highest BCUT2D eigenvalue weighted by Gasteiger charge is 2.10. The Labute approximate surface area is 116 Å². The molecule has 0 spiro atoms. The van der Waals surface area contributed by atoms with Crippen LogP contribution in [0.5, 0.6) is 0 Å². The molecule has 2 rings (SSSR count). The maximum Gasteiger partial charge on any atom is 0.145 e. The van der Waals surface area contributed by atoms with Gasteiger partial charge in [-0.1, -0.05) is 24.3 Å². The molecule has 0 fully saturated rings. The standard InChI is InChI=1S/C16H14F2N2/c1-11(12-4-3-7-15(17)8-12)20-10-14-6-2-5-13(9-19)16(14)18/h2-8,11,20H,10H2,1H3/t11-/m1/s1. The molecule has 4 heteroatoms. The largest absolute Gasteiger partial charge is 0.306 e. The quantitative estimate of drug-likeness (QED) is 0.921. The maximum atomic E-state index is 13.9. The third-order valence-corrected chi connectivity index (χ3v) is 3.15. The summed E-state index contributed by atoms with van der Waals surface area (Å²) < 4.78 is 27.0. The predicted octanol–water partition coefficient (Wildman–Crippen LogP) is 3.69. The van der Waals surface area contributed by atoms with Crippen LogP contribution in [0, 0.1) is 23.0 Å². The number of rotatable bonds is 4. The van der Waals surface area contributed by atoms with Gasteiger partial charge in [-0.15, -0.1) is 0 Å². The zero-order valence-corrected chi connectivity index (χ0v) is 11.0. The van der Waals surface area contributed by atoms with Gasteiger partial charge in [0.2, 0.25) is 0 Å². The highest BCUT2D eigenvalue weighted by Crippen LogP contribution is 2.16. The van der Waals surface area contributed by atoms with Gasteiger partial charge in [0.25, 0.3) is 0 Å². The van der Waals surface area contributed by atoms with E-state index in [-0.39, 0.29) is 24.0 Å². The van der Waals surface area contributed by atoms with E-state index >= 15 is 0 Å². The normalized spacial score (nSPS) is 11.9. The minimum absolute atomic E-state index is 0.0303. The first-order chi connectivity index (χ1) is 9.61. The number of hydrogen-bond donors (Lipinski definition) is 1. The summed E-state index contributed by atoms with van der Waals surface area (Å²) in [6.07, 6.45) is 0. The Hall–Kier alpha value is -2.25. The van der Waals surface area contributed by atoms with E-state index < -0.39 is 5.82 Å². The number of nitrogens with one attached hydrogen (secondary N) is 1. The molecule has 0 bridgehead atoms. The number of nitrogens with zero attached hydrogens (tertiary/aromatic N) is 1. The molecule has 2 nitrogen and oxygen atoms in total. The lowest BCUT2D eigenvalue weighted by Crippen LogP contribution is -2.19. The van der Waals surface area contributed by atoms with Gasteiger partial charge in [0.1, 0.15) is 17.7 Å². The van der Waals surface area contributed by atoms with Crippen molar-refractivity contribution in [1.29, 1.82) is 5.26 Å². The summed E-state index contributed by atoms with van der Waals surface area (Å²) >= 11 is 0. The average molecular weight is 272 g/mol. The Morgan fingerprint density at radius 1 is 1.20 bits per heavy atom. The van der Waals surface area contributed by atoms with Crippen molar-refractivity contribution >= 4 is 0 Å². The van der Waals surface area contributed by atoms with Crippen LogP contribution in [0.4, 0.5) is 8.78 Å². The molecule has 102 valence electrons. The van der Waals surface area contributed by atoms with Crippen molar-refractivity contribution in [3.8, 4) is 6.07 Å². The van der Waals surface area contributed by atoms with Crippen LogP contribution in [0.25, 0.3) is 0 Å². The number of nitriles is 1. The van der Waals surface area contributed by atoms with E-state index in [1.165, 1.54) is 18.2 Å². The van der Waals surface area contributed by atoms with Gasteiger partial charge < -0.3 is 5.32 Å². The Morgan fingerprint density at radius 2 is 1.95 bits per heavy atom. The van der Waals surface area contributed by atoms with Gasteiger partial charge in [-0.25, -0.2) is 8.78 Å². The monoisotopic (exact) mass is 272 g/mol. The molecule has 1 N–H and O–H groups in total. The first-order valence-electron chi connectivity index (χ1n) is 6.28. The van der Waals surface area contributed by atoms with Crippen LogP contribution in [0.3, 0.4) is 0 Å². The molecule has 0 aliphatic heterocycles. The van der Waals surface area contributed by atoms with Crippen LogP contribution in [0.15, 0.2) is 42.5 Å². The molecule has 0 aromatic heterocycles. The van der Waals surface area contributed by atoms with Crippen LogP contribution >= 0.6 is 0 Å². The summed E-state index contributed by atoms with van der Waals surface area (Å²) in [5.74, 6) is -0.803. The fraction of sp³-hybridized carbons (Fsp3) is 0.188. The smallest absolute Gasteiger partial charge is 0.145 e. The maximum absolute atomic E-state index is 13.9. The summed E-state index contributed by atoms with van der Waals surface area (Å²) in [7, 11) is 0. The summed E-state index contributed by atoms with van der Waals surface area (Å²) in [6, 6.07) is 12.7. The van der Waals surface area contributed by atoms with Crippen LogP contribution < -0.4 is 5.32 Å². The van der Waals surface area contributed by atoms with E-state index in [2.05, 4.69) is 5.32 Å². The summed E-state index contributed by atoms with van der Waals surface area (Å²) in [4.78, 5) is 0. The van der Waals surface area contributed by atoms with Crippen molar-refractivity contribution < 1.29 is 8.78 Å². The second-order valence-electron chi connectivity index (χ2n) is 4.55. The zero-order chi connectivity index (χ0) is 14.5. The molecule has 0 radical (unpaired) electrons. The molecule has 1 atom stereocenters. The van der Waals surface area contributed by atoms with E-state index in [0.717, 1.165) is 5.56 Å². The minimum Gasteiger partial charge on any atom is -0.306 e. The summed E-state index contributed by atoms with van der Waals surface area (Å²) in [5, 5.41) is 11.9. The molecule has 0 unspecified atom stereocenters. The minimum atomic E-state index is -0.506. The van der Waals surface area contributed by atoms with Gasteiger partial charge in [0.15, 0.2) is 0 Å². The molecule has 0 aliphatic rings. The van der Waals surface area contributed by atoms with E-state index in [0.29, 0.717) is 5.56 Å². The molecular formula is C16H14F2N2. The van der Waals surface area contributed by atoms with Gasteiger partial charge >= 0.3 is 0 Å². The molecule has 0 heterocycles. The van der Waals surface area contributed by atoms with E-state index in [4.69, 9.17) is 5.26 Å². The molecule has 0 aliphatic carbocycles. The molecule has 0 saturated carbocycles. The Bertz CT molecular complexity index is 647. The van der Waals surface area contributed by atoms with Crippen molar-refractivity contribution in [2.75, 3.05) is 0 Å². The fourth-order valence-electron chi connectivity index (χ4n) is 1.96. The lowest BCUT2D eigenvalue weighted by molar-refractivity contribution is 0.539. The Balaban J connectivity index is 2.08. The number of halogens is 2. The van der Waals surface area contributed by atoms with Crippen LogP contribution in [-0.4, -0.2) is 0 Å². The Morgan fingerprint density at radius 3 is 2.65 bits per heavy atom. The lowest BCUT2D eigenvalue weighted by atomic mass is 10.1. The highest BCUT2D eigenvalue weighted by molar-refractivity contribution is 5.35. The van der Waals surface area contributed by atoms with Gasteiger partial charge in [-0.05, 0) is 30.7 Å². The van der Waals surface area contributed by atoms with Crippen LogP contribution in [0.1, 0.15) is 29.7 Å². The van der Waals surface area contributed by atoms with Crippen molar-refractivity contribution in [2.45, 2.75) is 19.5 Å². The second-order valence-corrected chi connectivity index (χ2v) is 4.55. The zero-order valence-electron chi connectivity index (χ0n) is 11.0. The van der Waals surface area contributed by atoms with E-state index in [1.54, 1.807) is 18.2 Å². The van der Waals surface area contributed by atoms with Crippen molar-refractivity contribution in [3.63, 3.8) is 0 Å². The summed E-state index contributed by atoms with van der Waals surface area (Å²) in [5.41, 5.74) is 1.25. The topological polar surface area (TPSA) is 35.8 Å². The molecule has 2 aromatic rings.